The first-order valence-electron chi connectivity index (χ1n) is 9.08. The molecule has 0 aliphatic rings. The first-order valence-corrected chi connectivity index (χ1v) is 9.08. The zero-order chi connectivity index (χ0) is 21.1. The van der Waals surface area contributed by atoms with Gasteiger partial charge in [-0.1, -0.05) is 24.3 Å². The second kappa shape index (κ2) is 11.7. The minimum absolute atomic E-state index is 0.0374. The lowest BCUT2D eigenvalue weighted by Gasteiger charge is -2.14. The van der Waals surface area contributed by atoms with Gasteiger partial charge in [0.1, 0.15) is 35.8 Å². The van der Waals surface area contributed by atoms with Gasteiger partial charge in [0.2, 0.25) is 0 Å². The summed E-state index contributed by atoms with van der Waals surface area (Å²) in [5.41, 5.74) is 0.199. The molecule has 0 saturated heterocycles. The largest absolute Gasteiger partial charge is 0.507 e. The maximum Gasteiger partial charge on any atom is 0.341 e. The molecule has 0 aromatic heterocycles. The van der Waals surface area contributed by atoms with Crippen LogP contribution in [0.4, 0.5) is 0 Å². The van der Waals surface area contributed by atoms with Crippen molar-refractivity contribution in [2.45, 2.75) is 13.0 Å². The highest BCUT2D eigenvalue weighted by molar-refractivity contribution is 5.92. The Balaban J connectivity index is 1.53. The van der Waals surface area contributed by atoms with Gasteiger partial charge in [-0.3, -0.25) is 0 Å². The van der Waals surface area contributed by atoms with Crippen LogP contribution in [0.1, 0.15) is 27.6 Å². The number of benzene rings is 2. The van der Waals surface area contributed by atoms with Gasteiger partial charge in [0.15, 0.2) is 0 Å². The molecule has 8 heteroatoms. The number of phenols is 2. The molecule has 0 amide bonds. The quantitative estimate of drug-likeness (QED) is 0.434. The van der Waals surface area contributed by atoms with Crippen molar-refractivity contribution < 1.29 is 38.7 Å². The van der Waals surface area contributed by atoms with E-state index in [0.717, 1.165) is 0 Å². The molecular weight excluding hydrogens is 380 g/mol. The van der Waals surface area contributed by atoms with E-state index < -0.39 is 11.9 Å². The molecule has 156 valence electrons. The van der Waals surface area contributed by atoms with Crippen molar-refractivity contribution in [2.75, 3.05) is 33.0 Å². The Kier molecular flexibility index (Phi) is 8.94. The van der Waals surface area contributed by atoms with Crippen LogP contribution in [0.15, 0.2) is 48.5 Å². The molecule has 2 rings (SSSR count). The molecule has 1 unspecified atom stereocenters. The summed E-state index contributed by atoms with van der Waals surface area (Å²) in [6.45, 7) is 2.48. The van der Waals surface area contributed by atoms with Gasteiger partial charge in [0.25, 0.3) is 0 Å². The number of carbonyl (C=O) groups is 2. The van der Waals surface area contributed by atoms with E-state index in [4.69, 9.17) is 18.9 Å². The van der Waals surface area contributed by atoms with Gasteiger partial charge in [0.05, 0.1) is 25.9 Å². The second-order valence-corrected chi connectivity index (χ2v) is 6.06. The van der Waals surface area contributed by atoms with Crippen molar-refractivity contribution >= 4 is 11.9 Å². The van der Waals surface area contributed by atoms with E-state index >= 15 is 0 Å². The van der Waals surface area contributed by atoms with Crippen molar-refractivity contribution in [1.29, 1.82) is 0 Å². The monoisotopic (exact) mass is 404 g/mol. The standard InChI is InChI=1S/C21H24O8/c1-15(27-12-13-29-21(25)17-7-3-5-9-19(17)23)14-26-10-11-28-20(24)16-6-2-4-8-18(16)22/h2-9,15,22-23H,10-14H2,1H3. The van der Waals surface area contributed by atoms with Crippen LogP contribution in [0.3, 0.4) is 0 Å². The molecule has 2 aromatic carbocycles. The first-order chi connectivity index (χ1) is 14.0. The third-order valence-electron chi connectivity index (χ3n) is 3.78. The highest BCUT2D eigenvalue weighted by atomic mass is 16.6. The van der Waals surface area contributed by atoms with Crippen molar-refractivity contribution in [3.8, 4) is 11.5 Å². The Bertz CT molecular complexity index is 805. The number of aromatic hydroxyl groups is 2. The van der Waals surface area contributed by atoms with Crippen LogP contribution in [-0.4, -0.2) is 61.3 Å². The molecular formula is C21H24O8. The normalized spacial score (nSPS) is 11.6. The molecule has 29 heavy (non-hydrogen) atoms. The average Bonchev–Trinajstić information content (AvgIpc) is 2.71. The van der Waals surface area contributed by atoms with Gasteiger partial charge in [-0.2, -0.15) is 0 Å². The van der Waals surface area contributed by atoms with E-state index in [1.807, 2.05) is 0 Å². The molecule has 1 atom stereocenters. The Morgan fingerprint density at radius 2 is 1.28 bits per heavy atom. The molecule has 8 nitrogen and oxygen atoms in total. The lowest BCUT2D eigenvalue weighted by Crippen LogP contribution is -2.21. The highest BCUT2D eigenvalue weighted by Crippen LogP contribution is 2.17. The van der Waals surface area contributed by atoms with Crippen molar-refractivity contribution in [2.24, 2.45) is 0 Å². The lowest BCUT2D eigenvalue weighted by atomic mass is 10.2. The Morgan fingerprint density at radius 1 is 0.793 bits per heavy atom. The molecule has 0 bridgehead atoms. The molecule has 0 radical (unpaired) electrons. The van der Waals surface area contributed by atoms with Crippen LogP contribution in [0, 0.1) is 0 Å². The SMILES string of the molecule is CC(COCCOC(=O)c1ccccc1O)OCCOC(=O)c1ccccc1O. The first kappa shape index (κ1) is 22.2. The fourth-order valence-corrected chi connectivity index (χ4v) is 2.32. The number of phenolic OH excluding ortho intramolecular Hbond substituents is 2. The Hall–Kier alpha value is -3.10. The molecule has 2 N–H and O–H groups in total. The van der Waals surface area contributed by atoms with Crippen molar-refractivity contribution in [3.05, 3.63) is 59.7 Å². The van der Waals surface area contributed by atoms with E-state index in [1.165, 1.54) is 24.3 Å². The average molecular weight is 404 g/mol. The van der Waals surface area contributed by atoms with Crippen LogP contribution in [0.2, 0.25) is 0 Å². The number of carbonyl (C=O) groups excluding carboxylic acids is 2. The lowest BCUT2D eigenvalue weighted by molar-refractivity contribution is -0.0325. The Labute approximate surface area is 168 Å². The van der Waals surface area contributed by atoms with Crippen LogP contribution in [0.25, 0.3) is 0 Å². The summed E-state index contributed by atoms with van der Waals surface area (Å²) < 4.78 is 20.9. The van der Waals surface area contributed by atoms with Crippen LogP contribution >= 0.6 is 0 Å². The molecule has 2 aromatic rings. The number of para-hydroxylation sites is 2. The van der Waals surface area contributed by atoms with Crippen molar-refractivity contribution in [3.63, 3.8) is 0 Å². The molecule has 0 fully saturated rings. The van der Waals surface area contributed by atoms with E-state index in [9.17, 15) is 19.8 Å². The summed E-state index contributed by atoms with van der Waals surface area (Å²) in [6.07, 6.45) is -0.257. The molecule has 0 saturated carbocycles. The van der Waals surface area contributed by atoms with E-state index in [2.05, 4.69) is 0 Å². The molecule has 0 aliphatic heterocycles. The van der Waals surface area contributed by atoms with Crippen LogP contribution < -0.4 is 0 Å². The van der Waals surface area contributed by atoms with E-state index in [1.54, 1.807) is 31.2 Å². The predicted octanol–water partition coefficient (Wildman–Crippen LogP) is 2.53. The summed E-state index contributed by atoms with van der Waals surface area (Å²) in [5.74, 6) is -1.52. The minimum Gasteiger partial charge on any atom is -0.507 e. The zero-order valence-corrected chi connectivity index (χ0v) is 16.1. The number of ether oxygens (including phenoxy) is 4. The second-order valence-electron chi connectivity index (χ2n) is 6.06. The van der Waals surface area contributed by atoms with Gasteiger partial charge < -0.3 is 29.2 Å². The fraction of sp³-hybridized carbons (Fsp3) is 0.333. The Morgan fingerprint density at radius 3 is 1.79 bits per heavy atom. The summed E-state index contributed by atoms with van der Waals surface area (Å²) in [6, 6.07) is 12.3. The highest BCUT2D eigenvalue weighted by Gasteiger charge is 2.13. The summed E-state index contributed by atoms with van der Waals surface area (Å²) in [4.78, 5) is 23.6. The summed E-state index contributed by atoms with van der Waals surface area (Å²) in [5, 5.41) is 19.2. The van der Waals surface area contributed by atoms with Crippen LogP contribution in [-0.2, 0) is 18.9 Å². The molecule has 0 heterocycles. The van der Waals surface area contributed by atoms with Gasteiger partial charge in [-0.05, 0) is 31.2 Å². The maximum absolute atomic E-state index is 11.8. The minimum atomic E-state index is -0.623. The predicted molar refractivity (Wildman–Crippen MR) is 103 cm³/mol. The topological polar surface area (TPSA) is 112 Å². The number of hydrogen-bond acceptors (Lipinski definition) is 8. The summed E-state index contributed by atoms with van der Waals surface area (Å²) >= 11 is 0. The van der Waals surface area contributed by atoms with Crippen molar-refractivity contribution in [1.82, 2.24) is 0 Å². The number of hydrogen-bond donors (Lipinski definition) is 2. The smallest absolute Gasteiger partial charge is 0.341 e. The zero-order valence-electron chi connectivity index (χ0n) is 16.1. The van der Waals surface area contributed by atoms with E-state index in [0.29, 0.717) is 0 Å². The van der Waals surface area contributed by atoms with Gasteiger partial charge in [-0.25, -0.2) is 9.59 Å². The van der Waals surface area contributed by atoms with Gasteiger partial charge in [-0.15, -0.1) is 0 Å². The molecule has 0 spiro atoms. The van der Waals surface area contributed by atoms with E-state index in [-0.39, 0.29) is 61.8 Å². The van der Waals surface area contributed by atoms with Gasteiger partial charge in [0, 0.05) is 0 Å². The molecule has 0 aliphatic carbocycles. The third-order valence-corrected chi connectivity index (χ3v) is 3.78. The number of rotatable bonds is 11. The third kappa shape index (κ3) is 7.44. The van der Waals surface area contributed by atoms with Gasteiger partial charge >= 0.3 is 11.9 Å². The fourth-order valence-electron chi connectivity index (χ4n) is 2.32. The number of esters is 2. The maximum atomic E-state index is 11.8. The van der Waals surface area contributed by atoms with Crippen LogP contribution in [0.5, 0.6) is 11.5 Å². The summed E-state index contributed by atoms with van der Waals surface area (Å²) in [7, 11) is 0.